The normalized spacial score (nSPS) is 11.7. The predicted octanol–water partition coefficient (Wildman–Crippen LogP) is 7.60. The van der Waals surface area contributed by atoms with E-state index in [0.717, 1.165) is 33.8 Å². The molecule has 48 heavy (non-hydrogen) atoms. The number of nitrogens with zero attached hydrogens (tertiary/aromatic N) is 3. The lowest BCUT2D eigenvalue weighted by atomic mass is 9.91. The van der Waals surface area contributed by atoms with Crippen LogP contribution in [-0.4, -0.2) is 46.7 Å². The fourth-order valence-corrected chi connectivity index (χ4v) is 4.95. The second-order valence-corrected chi connectivity index (χ2v) is 12.0. The summed E-state index contributed by atoms with van der Waals surface area (Å²) < 4.78 is 21.7. The first-order valence-corrected chi connectivity index (χ1v) is 15.4. The molecule has 246 valence electrons. The maximum Gasteiger partial charge on any atom is 0.337 e. The van der Waals surface area contributed by atoms with Crippen LogP contribution in [0.15, 0.2) is 103 Å². The number of rotatable bonds is 12. The van der Waals surface area contributed by atoms with E-state index in [1.807, 2.05) is 81.4 Å². The van der Waals surface area contributed by atoms with E-state index in [-0.39, 0.29) is 18.4 Å². The molecule has 1 atom stereocenters. The van der Waals surface area contributed by atoms with Crippen LogP contribution in [0, 0.1) is 0 Å². The summed E-state index contributed by atoms with van der Waals surface area (Å²) in [7, 11) is 2.98. The zero-order valence-electron chi connectivity index (χ0n) is 27.6. The third-order valence-electron chi connectivity index (χ3n) is 7.31. The van der Waals surface area contributed by atoms with Crippen LogP contribution in [0.4, 0.5) is 5.69 Å². The van der Waals surface area contributed by atoms with Crippen LogP contribution in [0.3, 0.4) is 0 Å². The molecule has 1 unspecified atom stereocenters. The van der Waals surface area contributed by atoms with Crippen molar-refractivity contribution in [3.05, 3.63) is 126 Å². The highest BCUT2D eigenvalue weighted by molar-refractivity contribution is 5.89. The van der Waals surface area contributed by atoms with Gasteiger partial charge in [-0.25, -0.2) is 9.78 Å². The van der Waals surface area contributed by atoms with Gasteiger partial charge in [0.2, 0.25) is 0 Å². The van der Waals surface area contributed by atoms with Crippen molar-refractivity contribution in [3.8, 4) is 28.8 Å². The number of benzene rings is 3. The van der Waals surface area contributed by atoms with Gasteiger partial charge in [0.15, 0.2) is 0 Å². The Morgan fingerprint density at radius 3 is 2.17 bits per heavy atom. The van der Waals surface area contributed by atoms with E-state index >= 15 is 0 Å². The molecule has 0 fully saturated rings. The lowest BCUT2D eigenvalue weighted by molar-refractivity contribution is -0.155. The number of ether oxygens (including phenoxy) is 4. The topological polar surface area (TPSA) is 122 Å². The molecule has 0 bridgehead atoms. The van der Waals surface area contributed by atoms with Crippen LogP contribution in [0.1, 0.15) is 60.3 Å². The van der Waals surface area contributed by atoms with Crippen LogP contribution in [-0.2, 0) is 20.8 Å². The number of carbonyl (C=O) groups is 2. The zero-order chi connectivity index (χ0) is 34.1. The van der Waals surface area contributed by atoms with Crippen molar-refractivity contribution < 1.29 is 28.5 Å². The van der Waals surface area contributed by atoms with Crippen molar-refractivity contribution in [2.24, 2.45) is 0 Å². The molecule has 1 N–H and O–H groups in total. The summed E-state index contributed by atoms with van der Waals surface area (Å²) in [5, 5.41) is 3.44. The first-order valence-electron chi connectivity index (χ1n) is 15.4. The SMILES string of the molecule is COC(=O)c1ccc(C(CC(=O)OC(C)(C)C)c2ccnc(Oc3ccc(-c4cc(NCc5ccc(OC)cc5)ccn4)cc3)n2)cc1. The highest BCUT2D eigenvalue weighted by Crippen LogP contribution is 2.31. The molecule has 0 aliphatic carbocycles. The highest BCUT2D eigenvalue weighted by Gasteiger charge is 2.25. The van der Waals surface area contributed by atoms with E-state index in [1.54, 1.807) is 49.8 Å². The Labute approximate surface area is 280 Å². The highest BCUT2D eigenvalue weighted by atomic mass is 16.6. The molecular formula is C38H38N4O6. The van der Waals surface area contributed by atoms with Gasteiger partial charge in [-0.3, -0.25) is 9.78 Å². The van der Waals surface area contributed by atoms with Crippen molar-refractivity contribution in [2.75, 3.05) is 19.5 Å². The first kappa shape index (κ1) is 33.6. The fraction of sp³-hybridized carbons (Fsp3) is 0.237. The largest absolute Gasteiger partial charge is 0.497 e. The average Bonchev–Trinajstić information content (AvgIpc) is 3.09. The molecule has 2 aromatic heterocycles. The molecule has 5 rings (SSSR count). The van der Waals surface area contributed by atoms with Gasteiger partial charge in [0, 0.05) is 36.1 Å². The molecule has 0 saturated carbocycles. The number of aromatic nitrogens is 3. The van der Waals surface area contributed by atoms with Gasteiger partial charge < -0.3 is 24.3 Å². The molecule has 10 heteroatoms. The predicted molar refractivity (Wildman–Crippen MR) is 182 cm³/mol. The van der Waals surface area contributed by atoms with Crippen LogP contribution in [0.2, 0.25) is 0 Å². The number of esters is 2. The fourth-order valence-electron chi connectivity index (χ4n) is 4.95. The van der Waals surface area contributed by atoms with E-state index in [0.29, 0.717) is 23.6 Å². The quantitative estimate of drug-likeness (QED) is 0.136. The second-order valence-electron chi connectivity index (χ2n) is 12.0. The Bertz CT molecular complexity index is 1840. The summed E-state index contributed by atoms with van der Waals surface area (Å²) in [5.74, 6) is 0.0587. The summed E-state index contributed by atoms with van der Waals surface area (Å²) in [4.78, 5) is 38.4. The molecule has 10 nitrogen and oxygen atoms in total. The second kappa shape index (κ2) is 15.2. The van der Waals surface area contributed by atoms with Gasteiger partial charge in [0.05, 0.1) is 37.6 Å². The number of pyridine rings is 1. The van der Waals surface area contributed by atoms with Crippen molar-refractivity contribution in [2.45, 2.75) is 45.3 Å². The smallest absolute Gasteiger partial charge is 0.337 e. The molecule has 0 amide bonds. The summed E-state index contributed by atoms with van der Waals surface area (Å²) >= 11 is 0. The van der Waals surface area contributed by atoms with Crippen LogP contribution in [0.5, 0.6) is 17.5 Å². The zero-order valence-corrected chi connectivity index (χ0v) is 27.6. The van der Waals surface area contributed by atoms with E-state index < -0.39 is 17.5 Å². The van der Waals surface area contributed by atoms with Gasteiger partial charge in [0.25, 0.3) is 0 Å². The lowest BCUT2D eigenvalue weighted by Crippen LogP contribution is -2.25. The molecule has 5 aromatic rings. The third-order valence-corrected chi connectivity index (χ3v) is 7.31. The molecule has 0 aliphatic rings. The summed E-state index contributed by atoms with van der Waals surface area (Å²) in [6, 6.07) is 28.1. The molecule has 2 heterocycles. The number of carbonyl (C=O) groups excluding carboxylic acids is 2. The van der Waals surface area contributed by atoms with Gasteiger partial charge in [-0.1, -0.05) is 24.3 Å². The Hall–Kier alpha value is -5.77. The number of methoxy groups -OCH3 is 2. The van der Waals surface area contributed by atoms with Crippen molar-refractivity contribution in [1.82, 2.24) is 15.0 Å². The number of hydrogen-bond donors (Lipinski definition) is 1. The molecule has 0 spiro atoms. The summed E-state index contributed by atoms with van der Waals surface area (Å²) in [6.45, 7) is 6.12. The van der Waals surface area contributed by atoms with Crippen molar-refractivity contribution >= 4 is 17.6 Å². The molecule has 0 saturated heterocycles. The standard InChI is InChI=1S/C38H38N4O6/c1-38(2,3)48-35(43)23-32(26-8-10-28(11-9-26)36(44)46-5)33-19-21-40-37(42-33)47-31-16-12-27(13-17-31)34-22-29(18-20-39-34)41-24-25-6-14-30(45-4)15-7-25/h6-22,32H,23-24H2,1-5H3,(H,39,41). The van der Waals surface area contributed by atoms with Gasteiger partial charge in [0.1, 0.15) is 17.1 Å². The lowest BCUT2D eigenvalue weighted by Gasteiger charge is -2.22. The minimum Gasteiger partial charge on any atom is -0.497 e. The molecular weight excluding hydrogens is 608 g/mol. The molecule has 0 aliphatic heterocycles. The van der Waals surface area contributed by atoms with Crippen LogP contribution < -0.4 is 14.8 Å². The Morgan fingerprint density at radius 1 is 0.812 bits per heavy atom. The number of anilines is 1. The maximum atomic E-state index is 12.9. The maximum absolute atomic E-state index is 12.9. The first-order chi connectivity index (χ1) is 23.1. The Balaban J connectivity index is 1.30. The van der Waals surface area contributed by atoms with Crippen molar-refractivity contribution in [1.29, 1.82) is 0 Å². The third kappa shape index (κ3) is 9.16. The monoisotopic (exact) mass is 646 g/mol. The Kier molecular flexibility index (Phi) is 10.6. The summed E-state index contributed by atoms with van der Waals surface area (Å²) in [5.41, 5.74) is 4.90. The van der Waals surface area contributed by atoms with E-state index in [9.17, 15) is 9.59 Å². The minimum atomic E-state index is -0.646. The van der Waals surface area contributed by atoms with Crippen LogP contribution >= 0.6 is 0 Å². The van der Waals surface area contributed by atoms with Gasteiger partial charge in [-0.15, -0.1) is 0 Å². The van der Waals surface area contributed by atoms with Gasteiger partial charge in [-0.2, -0.15) is 4.98 Å². The molecule has 0 radical (unpaired) electrons. The summed E-state index contributed by atoms with van der Waals surface area (Å²) in [6.07, 6.45) is 3.39. The molecule has 3 aromatic carbocycles. The number of hydrogen-bond acceptors (Lipinski definition) is 10. The van der Waals surface area contributed by atoms with E-state index in [4.69, 9.17) is 18.9 Å². The van der Waals surface area contributed by atoms with Crippen LogP contribution in [0.25, 0.3) is 11.3 Å². The van der Waals surface area contributed by atoms with Gasteiger partial charge in [-0.05, 0) is 98.6 Å². The minimum absolute atomic E-state index is 0.0288. The van der Waals surface area contributed by atoms with E-state index in [2.05, 4.69) is 20.3 Å². The van der Waals surface area contributed by atoms with E-state index in [1.165, 1.54) is 7.11 Å². The van der Waals surface area contributed by atoms with Gasteiger partial charge >= 0.3 is 17.9 Å². The van der Waals surface area contributed by atoms with Crippen molar-refractivity contribution in [3.63, 3.8) is 0 Å². The average molecular weight is 647 g/mol. The Morgan fingerprint density at radius 2 is 1.50 bits per heavy atom. The number of nitrogens with one attached hydrogen (secondary N) is 1.